The summed E-state index contributed by atoms with van der Waals surface area (Å²) in [6.45, 7) is 2.23. The van der Waals surface area contributed by atoms with Crippen molar-refractivity contribution in [2.24, 2.45) is 11.8 Å². The summed E-state index contributed by atoms with van der Waals surface area (Å²) < 4.78 is 5.86. The summed E-state index contributed by atoms with van der Waals surface area (Å²) >= 11 is 0. The Labute approximate surface area is 95.4 Å². The van der Waals surface area contributed by atoms with Crippen LogP contribution in [0, 0.1) is 5.92 Å². The molecule has 0 spiro atoms. The molecule has 2 atom stereocenters. The molecule has 0 radical (unpaired) electrons. The summed E-state index contributed by atoms with van der Waals surface area (Å²) in [4.78, 5) is 8.03. The number of nitrogens with one attached hydrogen (secondary N) is 1. The van der Waals surface area contributed by atoms with E-state index in [-0.39, 0.29) is 6.10 Å². The number of anilines is 1. The van der Waals surface area contributed by atoms with Crippen molar-refractivity contribution in [3.8, 4) is 5.88 Å². The van der Waals surface area contributed by atoms with Crippen LogP contribution < -0.4 is 16.0 Å². The molecule has 5 nitrogen and oxygen atoms in total. The van der Waals surface area contributed by atoms with Crippen LogP contribution in [0.25, 0.3) is 0 Å². The van der Waals surface area contributed by atoms with Crippen molar-refractivity contribution in [1.82, 2.24) is 9.97 Å². The monoisotopic (exact) mass is 222 g/mol. The van der Waals surface area contributed by atoms with Gasteiger partial charge in [0.2, 0.25) is 5.88 Å². The Hall–Kier alpha value is -1.36. The van der Waals surface area contributed by atoms with Crippen LogP contribution in [0.15, 0.2) is 12.4 Å². The van der Waals surface area contributed by atoms with Crippen molar-refractivity contribution in [2.75, 3.05) is 5.43 Å². The maximum absolute atomic E-state index is 5.86. The minimum Gasteiger partial charge on any atom is -0.474 e. The van der Waals surface area contributed by atoms with Crippen LogP contribution in [-0.4, -0.2) is 16.1 Å². The zero-order valence-corrected chi connectivity index (χ0v) is 9.52. The van der Waals surface area contributed by atoms with Crippen LogP contribution in [0.1, 0.15) is 32.6 Å². The van der Waals surface area contributed by atoms with Gasteiger partial charge in [-0.15, -0.1) is 0 Å². The van der Waals surface area contributed by atoms with Gasteiger partial charge in [-0.3, -0.25) is 0 Å². The summed E-state index contributed by atoms with van der Waals surface area (Å²) in [5.74, 6) is 7.05. The summed E-state index contributed by atoms with van der Waals surface area (Å²) in [5, 5.41) is 0. The van der Waals surface area contributed by atoms with E-state index >= 15 is 0 Å². The van der Waals surface area contributed by atoms with Crippen molar-refractivity contribution in [1.29, 1.82) is 0 Å². The second-order valence-electron chi connectivity index (χ2n) is 4.30. The maximum atomic E-state index is 5.86. The van der Waals surface area contributed by atoms with Crippen LogP contribution in [0.5, 0.6) is 5.88 Å². The molecule has 0 saturated heterocycles. The van der Waals surface area contributed by atoms with E-state index in [1.54, 1.807) is 6.07 Å². The zero-order valence-electron chi connectivity index (χ0n) is 9.52. The van der Waals surface area contributed by atoms with Gasteiger partial charge < -0.3 is 10.2 Å². The smallest absolute Gasteiger partial charge is 0.218 e. The molecular weight excluding hydrogens is 204 g/mol. The highest BCUT2D eigenvalue weighted by Crippen LogP contribution is 2.27. The Balaban J connectivity index is 2.01. The lowest BCUT2D eigenvalue weighted by atomic mass is 9.88. The van der Waals surface area contributed by atoms with Gasteiger partial charge in [0.15, 0.2) is 0 Å². The third kappa shape index (κ3) is 2.61. The third-order valence-electron chi connectivity index (χ3n) is 3.09. The highest BCUT2D eigenvalue weighted by Gasteiger charge is 2.23. The molecule has 0 aliphatic heterocycles. The van der Waals surface area contributed by atoms with E-state index in [1.165, 1.54) is 25.6 Å². The number of nitrogens with two attached hydrogens (primary N) is 1. The lowest BCUT2D eigenvalue weighted by Crippen LogP contribution is -2.28. The number of aromatic nitrogens is 2. The molecule has 1 aromatic heterocycles. The molecule has 1 aliphatic rings. The summed E-state index contributed by atoms with van der Waals surface area (Å²) in [7, 11) is 0. The molecule has 0 aromatic carbocycles. The van der Waals surface area contributed by atoms with Crippen LogP contribution in [0.4, 0.5) is 5.82 Å². The van der Waals surface area contributed by atoms with Crippen molar-refractivity contribution in [3.05, 3.63) is 12.4 Å². The first-order valence-corrected chi connectivity index (χ1v) is 5.75. The van der Waals surface area contributed by atoms with Gasteiger partial charge in [0.25, 0.3) is 0 Å². The number of hydrazine groups is 1. The molecule has 1 saturated carbocycles. The number of hydrogen-bond donors (Lipinski definition) is 2. The van der Waals surface area contributed by atoms with E-state index in [0.29, 0.717) is 17.6 Å². The molecule has 2 rings (SSSR count). The van der Waals surface area contributed by atoms with E-state index in [2.05, 4.69) is 22.3 Å². The van der Waals surface area contributed by atoms with Crippen molar-refractivity contribution in [2.45, 2.75) is 38.7 Å². The molecule has 0 bridgehead atoms. The van der Waals surface area contributed by atoms with E-state index in [9.17, 15) is 0 Å². The van der Waals surface area contributed by atoms with Gasteiger partial charge in [0.1, 0.15) is 18.2 Å². The first kappa shape index (κ1) is 11.1. The van der Waals surface area contributed by atoms with Gasteiger partial charge >= 0.3 is 0 Å². The summed E-state index contributed by atoms with van der Waals surface area (Å²) in [6.07, 6.45) is 6.61. The van der Waals surface area contributed by atoms with Crippen LogP contribution in [-0.2, 0) is 0 Å². The fourth-order valence-electron chi connectivity index (χ4n) is 2.10. The molecule has 1 aliphatic carbocycles. The minimum atomic E-state index is 0.272. The van der Waals surface area contributed by atoms with E-state index < -0.39 is 0 Å². The fourth-order valence-corrected chi connectivity index (χ4v) is 2.10. The van der Waals surface area contributed by atoms with Crippen LogP contribution in [0.2, 0.25) is 0 Å². The molecule has 2 unspecified atom stereocenters. The largest absolute Gasteiger partial charge is 0.474 e. The molecule has 3 N–H and O–H groups in total. The first-order chi connectivity index (χ1) is 7.79. The van der Waals surface area contributed by atoms with Crippen molar-refractivity contribution >= 4 is 5.82 Å². The van der Waals surface area contributed by atoms with E-state index in [4.69, 9.17) is 10.6 Å². The zero-order chi connectivity index (χ0) is 11.4. The number of nitrogen functional groups attached to an aromatic ring is 1. The Morgan fingerprint density at radius 3 is 2.94 bits per heavy atom. The molecule has 1 fully saturated rings. The lowest BCUT2D eigenvalue weighted by molar-refractivity contribution is 0.0975. The molecule has 0 amide bonds. The first-order valence-electron chi connectivity index (χ1n) is 5.75. The molecular formula is C11H18N4O. The Morgan fingerprint density at radius 2 is 2.19 bits per heavy atom. The van der Waals surface area contributed by atoms with Gasteiger partial charge in [0.05, 0.1) is 0 Å². The number of ether oxygens (including phenoxy) is 1. The Kier molecular flexibility index (Phi) is 3.56. The fraction of sp³-hybridized carbons (Fsp3) is 0.636. The normalized spacial score (nSPS) is 25.1. The summed E-state index contributed by atoms with van der Waals surface area (Å²) in [6, 6.07) is 1.72. The number of hydrogen-bond acceptors (Lipinski definition) is 5. The third-order valence-corrected chi connectivity index (χ3v) is 3.09. The molecule has 5 heteroatoms. The van der Waals surface area contributed by atoms with Gasteiger partial charge in [-0.25, -0.2) is 15.8 Å². The van der Waals surface area contributed by atoms with Crippen LogP contribution >= 0.6 is 0 Å². The quantitative estimate of drug-likeness (QED) is 0.601. The second kappa shape index (κ2) is 5.12. The van der Waals surface area contributed by atoms with Gasteiger partial charge in [-0.05, 0) is 25.2 Å². The predicted octanol–water partition coefficient (Wildman–Crippen LogP) is 1.72. The van der Waals surface area contributed by atoms with Gasteiger partial charge in [-0.2, -0.15) is 0 Å². The van der Waals surface area contributed by atoms with Gasteiger partial charge in [-0.1, -0.05) is 13.3 Å². The van der Waals surface area contributed by atoms with E-state index in [0.717, 1.165) is 6.42 Å². The maximum Gasteiger partial charge on any atom is 0.218 e. The SMILES string of the molecule is CC1CCCCC1Oc1cc(NN)ncn1. The average Bonchev–Trinajstić information content (AvgIpc) is 2.32. The summed E-state index contributed by atoms with van der Waals surface area (Å²) in [5.41, 5.74) is 2.48. The highest BCUT2D eigenvalue weighted by molar-refractivity contribution is 5.35. The number of nitrogens with zero attached hydrogens (tertiary/aromatic N) is 2. The predicted molar refractivity (Wildman–Crippen MR) is 61.9 cm³/mol. The Bertz CT molecular complexity index is 345. The van der Waals surface area contributed by atoms with Crippen LogP contribution in [0.3, 0.4) is 0 Å². The Morgan fingerprint density at radius 1 is 1.38 bits per heavy atom. The standard InChI is InChI=1S/C11H18N4O/c1-8-4-2-3-5-9(8)16-11-6-10(15-12)13-7-14-11/h6-9H,2-5,12H2,1H3,(H,13,14,15). The lowest BCUT2D eigenvalue weighted by Gasteiger charge is -2.28. The van der Waals surface area contributed by atoms with Gasteiger partial charge in [0, 0.05) is 6.07 Å². The average molecular weight is 222 g/mol. The van der Waals surface area contributed by atoms with Crippen molar-refractivity contribution in [3.63, 3.8) is 0 Å². The highest BCUT2D eigenvalue weighted by atomic mass is 16.5. The van der Waals surface area contributed by atoms with E-state index in [1.807, 2.05) is 0 Å². The number of rotatable bonds is 3. The van der Waals surface area contributed by atoms with Crippen molar-refractivity contribution < 1.29 is 4.74 Å². The molecule has 88 valence electrons. The molecule has 16 heavy (non-hydrogen) atoms. The molecule has 1 aromatic rings. The topological polar surface area (TPSA) is 73.1 Å². The minimum absolute atomic E-state index is 0.272. The second-order valence-corrected chi connectivity index (χ2v) is 4.30. The molecule has 1 heterocycles.